The molecule has 0 saturated carbocycles. The summed E-state index contributed by atoms with van der Waals surface area (Å²) in [7, 11) is 0. The van der Waals surface area contributed by atoms with E-state index in [0.29, 0.717) is 6.54 Å². The fourth-order valence-electron chi connectivity index (χ4n) is 3.10. The van der Waals surface area contributed by atoms with Gasteiger partial charge < -0.3 is 15.2 Å². The lowest BCUT2D eigenvalue weighted by Gasteiger charge is -2.16. The quantitative estimate of drug-likeness (QED) is 0.657. The Kier molecular flexibility index (Phi) is 5.58. The lowest BCUT2D eigenvalue weighted by molar-refractivity contribution is -0.137. The predicted molar refractivity (Wildman–Crippen MR) is 102 cm³/mol. The van der Waals surface area contributed by atoms with Crippen molar-refractivity contribution in [3.8, 4) is 0 Å². The summed E-state index contributed by atoms with van der Waals surface area (Å²) in [6, 6.07) is 12.1. The van der Waals surface area contributed by atoms with Gasteiger partial charge in [-0.05, 0) is 44.2 Å². The highest BCUT2D eigenvalue weighted by molar-refractivity contribution is 5.81. The standard InChI is InChI=1S/C20H21F3N4O/c1-3-27-17-10-5-4-9-16(17)26-19(27)13(2)25-18(28)12-24-15-8-6-7-14(11-15)20(21,22)23/h4-11,13,24H,3,12H2,1-2H3,(H,25,28). The second-order valence-corrected chi connectivity index (χ2v) is 6.42. The number of carbonyl (C=O) groups is 1. The fraction of sp³-hybridized carbons (Fsp3) is 0.300. The molecular weight excluding hydrogens is 369 g/mol. The minimum atomic E-state index is -4.42. The second kappa shape index (κ2) is 7.92. The third-order valence-corrected chi connectivity index (χ3v) is 4.41. The lowest BCUT2D eigenvalue weighted by Crippen LogP contribution is -2.33. The molecule has 8 heteroatoms. The minimum Gasteiger partial charge on any atom is -0.376 e. The molecule has 2 aromatic carbocycles. The summed E-state index contributed by atoms with van der Waals surface area (Å²) < 4.78 is 40.3. The van der Waals surface area contributed by atoms with Gasteiger partial charge in [-0.25, -0.2) is 4.98 Å². The van der Waals surface area contributed by atoms with Gasteiger partial charge in [0, 0.05) is 12.2 Å². The molecule has 3 aromatic rings. The van der Waals surface area contributed by atoms with Crippen molar-refractivity contribution < 1.29 is 18.0 Å². The summed E-state index contributed by atoms with van der Waals surface area (Å²) >= 11 is 0. The van der Waals surface area contributed by atoms with Gasteiger partial charge in [0.25, 0.3) is 0 Å². The normalized spacial score (nSPS) is 12.8. The smallest absolute Gasteiger partial charge is 0.376 e. The summed E-state index contributed by atoms with van der Waals surface area (Å²) in [4.78, 5) is 16.9. The van der Waals surface area contributed by atoms with Crippen LogP contribution in [0.5, 0.6) is 0 Å². The molecule has 0 aliphatic carbocycles. The molecule has 148 valence electrons. The minimum absolute atomic E-state index is 0.141. The summed E-state index contributed by atoms with van der Waals surface area (Å²) in [5.74, 6) is 0.399. The maximum absolute atomic E-state index is 12.8. The van der Waals surface area contributed by atoms with Crippen molar-refractivity contribution in [3.05, 3.63) is 59.9 Å². The van der Waals surface area contributed by atoms with Crippen molar-refractivity contribution in [1.29, 1.82) is 0 Å². The van der Waals surface area contributed by atoms with Crippen LogP contribution in [-0.2, 0) is 17.5 Å². The first-order valence-electron chi connectivity index (χ1n) is 8.95. The molecule has 1 amide bonds. The van der Waals surface area contributed by atoms with Crippen LogP contribution in [0.25, 0.3) is 11.0 Å². The largest absolute Gasteiger partial charge is 0.416 e. The van der Waals surface area contributed by atoms with Crippen LogP contribution in [0.3, 0.4) is 0 Å². The number of benzene rings is 2. The van der Waals surface area contributed by atoms with Gasteiger partial charge in [0.2, 0.25) is 5.91 Å². The van der Waals surface area contributed by atoms with Crippen molar-refractivity contribution in [2.45, 2.75) is 32.6 Å². The van der Waals surface area contributed by atoms with Crippen LogP contribution < -0.4 is 10.6 Å². The molecule has 0 bridgehead atoms. The highest BCUT2D eigenvalue weighted by Crippen LogP contribution is 2.30. The van der Waals surface area contributed by atoms with Gasteiger partial charge in [-0.1, -0.05) is 18.2 Å². The highest BCUT2D eigenvalue weighted by Gasteiger charge is 2.30. The van der Waals surface area contributed by atoms with Crippen LogP contribution in [0.4, 0.5) is 18.9 Å². The van der Waals surface area contributed by atoms with E-state index in [1.807, 2.05) is 42.7 Å². The van der Waals surface area contributed by atoms with Gasteiger partial charge in [0.15, 0.2) is 0 Å². The Morgan fingerprint density at radius 1 is 1.18 bits per heavy atom. The van der Waals surface area contributed by atoms with Crippen LogP contribution >= 0.6 is 0 Å². The average Bonchev–Trinajstić information content (AvgIpc) is 3.05. The molecule has 28 heavy (non-hydrogen) atoms. The van der Waals surface area contributed by atoms with E-state index in [1.54, 1.807) is 0 Å². The number of aromatic nitrogens is 2. The number of carbonyl (C=O) groups excluding carboxylic acids is 1. The molecule has 1 atom stereocenters. The van der Waals surface area contributed by atoms with Crippen molar-refractivity contribution in [3.63, 3.8) is 0 Å². The molecule has 1 heterocycles. The fourth-order valence-corrected chi connectivity index (χ4v) is 3.10. The molecule has 0 aliphatic rings. The van der Waals surface area contributed by atoms with E-state index in [4.69, 9.17) is 0 Å². The third kappa shape index (κ3) is 4.27. The van der Waals surface area contributed by atoms with Gasteiger partial charge in [-0.2, -0.15) is 13.2 Å². The number of hydrogen-bond acceptors (Lipinski definition) is 3. The van der Waals surface area contributed by atoms with E-state index in [2.05, 4.69) is 15.6 Å². The zero-order valence-corrected chi connectivity index (χ0v) is 15.5. The maximum Gasteiger partial charge on any atom is 0.416 e. The number of aryl methyl sites for hydroxylation is 1. The number of hydrogen-bond donors (Lipinski definition) is 2. The summed E-state index contributed by atoms with van der Waals surface area (Å²) in [5.41, 5.74) is 1.31. The molecule has 5 nitrogen and oxygen atoms in total. The van der Waals surface area contributed by atoms with E-state index in [1.165, 1.54) is 12.1 Å². The summed E-state index contributed by atoms with van der Waals surface area (Å²) in [6.45, 7) is 4.40. The maximum atomic E-state index is 12.8. The molecule has 1 unspecified atom stereocenters. The Hall–Kier alpha value is -3.03. The number of para-hydroxylation sites is 2. The Morgan fingerprint density at radius 3 is 2.64 bits per heavy atom. The molecule has 2 N–H and O–H groups in total. The molecule has 3 rings (SSSR count). The number of nitrogens with one attached hydrogen (secondary N) is 2. The van der Waals surface area contributed by atoms with Gasteiger partial charge >= 0.3 is 6.18 Å². The van der Waals surface area contributed by atoms with Crippen LogP contribution in [0.15, 0.2) is 48.5 Å². The Balaban J connectivity index is 1.66. The van der Waals surface area contributed by atoms with E-state index in [-0.39, 0.29) is 24.2 Å². The van der Waals surface area contributed by atoms with Gasteiger partial charge in [-0.15, -0.1) is 0 Å². The molecule has 0 radical (unpaired) electrons. The zero-order valence-electron chi connectivity index (χ0n) is 15.5. The number of halogens is 3. The first kappa shape index (κ1) is 19.7. The van der Waals surface area contributed by atoms with Crippen molar-refractivity contribution in [2.24, 2.45) is 0 Å². The highest BCUT2D eigenvalue weighted by atomic mass is 19.4. The number of fused-ring (bicyclic) bond motifs is 1. The third-order valence-electron chi connectivity index (χ3n) is 4.41. The molecule has 0 saturated heterocycles. The number of imidazole rings is 1. The van der Waals surface area contributed by atoms with Crippen LogP contribution in [0.1, 0.15) is 31.3 Å². The Morgan fingerprint density at radius 2 is 1.93 bits per heavy atom. The van der Waals surface area contributed by atoms with E-state index in [0.717, 1.165) is 29.0 Å². The summed E-state index contributed by atoms with van der Waals surface area (Å²) in [6.07, 6.45) is -4.42. The average molecular weight is 390 g/mol. The zero-order chi connectivity index (χ0) is 20.3. The first-order valence-corrected chi connectivity index (χ1v) is 8.95. The number of rotatable bonds is 6. The number of nitrogens with zero attached hydrogens (tertiary/aromatic N) is 2. The topological polar surface area (TPSA) is 59.0 Å². The molecule has 0 fully saturated rings. The number of alkyl halides is 3. The van der Waals surface area contributed by atoms with Crippen LogP contribution in [-0.4, -0.2) is 22.0 Å². The molecular formula is C20H21F3N4O. The molecule has 0 spiro atoms. The SMILES string of the molecule is CCn1c(C(C)NC(=O)CNc2cccc(C(F)(F)F)c2)nc2ccccc21. The van der Waals surface area contributed by atoms with Gasteiger partial charge in [0.1, 0.15) is 5.82 Å². The monoisotopic (exact) mass is 390 g/mol. The predicted octanol–water partition coefficient (Wildman–Crippen LogP) is 4.36. The Bertz CT molecular complexity index is 981. The van der Waals surface area contributed by atoms with Crippen LogP contribution in [0, 0.1) is 0 Å². The first-order chi connectivity index (χ1) is 13.3. The Labute approximate surface area is 160 Å². The van der Waals surface area contributed by atoms with Crippen molar-refractivity contribution in [1.82, 2.24) is 14.9 Å². The lowest BCUT2D eigenvalue weighted by atomic mass is 10.2. The van der Waals surface area contributed by atoms with E-state index >= 15 is 0 Å². The van der Waals surface area contributed by atoms with E-state index < -0.39 is 11.7 Å². The van der Waals surface area contributed by atoms with Gasteiger partial charge in [0.05, 0.1) is 29.2 Å². The van der Waals surface area contributed by atoms with Gasteiger partial charge in [-0.3, -0.25) is 4.79 Å². The van der Waals surface area contributed by atoms with Crippen molar-refractivity contribution in [2.75, 3.05) is 11.9 Å². The molecule has 0 aliphatic heterocycles. The van der Waals surface area contributed by atoms with Crippen LogP contribution in [0.2, 0.25) is 0 Å². The molecule has 1 aromatic heterocycles. The van der Waals surface area contributed by atoms with Crippen molar-refractivity contribution >= 4 is 22.6 Å². The van der Waals surface area contributed by atoms with E-state index in [9.17, 15) is 18.0 Å². The number of amides is 1. The second-order valence-electron chi connectivity index (χ2n) is 6.42. The summed E-state index contributed by atoms with van der Waals surface area (Å²) in [5, 5.41) is 5.57. The number of anilines is 1.